The molecule has 0 radical (unpaired) electrons. The Bertz CT molecular complexity index is 2390. The fraction of sp³-hybridized carbons (Fsp3) is 0.476. The van der Waals surface area contributed by atoms with Crippen LogP contribution in [0.3, 0.4) is 0 Å². The zero-order valence-corrected chi connectivity index (χ0v) is 34.3. The first-order chi connectivity index (χ1) is 26.8. The summed E-state index contributed by atoms with van der Waals surface area (Å²) in [7, 11) is 6.46. The number of aromatic amines is 2. The number of esters is 1. The molecule has 15 heteroatoms. The SMILES string of the molecule is CC[C@H]1c2cc3[nH]c4c(c3C)C(=O)C(C(=O)OC)c4c3nc(cc4[nH]c(cc(n2)[C@@H]1C)c(C(C)=O)c4C)[C@@H](C)[C@@H]3CCC(=O)NC(CC(=O)N[N+](C)(C)C)C(N)=O. The van der Waals surface area contributed by atoms with Crippen LogP contribution in [0.25, 0.3) is 22.1 Å². The fourth-order valence-electron chi connectivity index (χ4n) is 8.71. The number of quaternary nitrogens is 1. The van der Waals surface area contributed by atoms with E-state index in [4.69, 9.17) is 20.4 Å². The number of nitrogens with two attached hydrogens (primary N) is 1. The molecular weight excluding hydrogens is 729 g/mol. The Morgan fingerprint density at radius 2 is 1.51 bits per heavy atom. The summed E-state index contributed by atoms with van der Waals surface area (Å²) in [5, 5.41) is 2.62. The van der Waals surface area contributed by atoms with E-state index in [0.717, 1.165) is 23.4 Å². The molecule has 8 bridgehead atoms. The van der Waals surface area contributed by atoms with E-state index >= 15 is 0 Å². The molecule has 3 aromatic rings. The molecule has 6 atom stereocenters. The minimum Gasteiger partial charge on any atom is -0.468 e. The van der Waals surface area contributed by atoms with E-state index in [2.05, 4.69) is 34.6 Å². The number of H-pyrrole nitrogens is 2. The Hall–Kier alpha value is -5.70. The number of ether oxygens (including phenoxy) is 1. The Labute approximate surface area is 331 Å². The summed E-state index contributed by atoms with van der Waals surface area (Å²) in [6, 6.07) is 4.54. The molecule has 3 aliphatic rings. The summed E-state index contributed by atoms with van der Waals surface area (Å²) >= 11 is 0. The molecule has 2 unspecified atom stereocenters. The highest BCUT2D eigenvalue weighted by atomic mass is 16.5. The van der Waals surface area contributed by atoms with Crippen molar-refractivity contribution in [2.75, 3.05) is 28.3 Å². The van der Waals surface area contributed by atoms with Crippen LogP contribution in [0.2, 0.25) is 0 Å². The summed E-state index contributed by atoms with van der Waals surface area (Å²) in [5.74, 6) is -5.08. The molecule has 3 aromatic heterocycles. The predicted octanol–water partition coefficient (Wildman–Crippen LogP) is 4.65. The predicted molar refractivity (Wildman–Crippen MR) is 213 cm³/mol. The zero-order chi connectivity index (χ0) is 41.8. The van der Waals surface area contributed by atoms with Crippen LogP contribution in [-0.4, -0.2) is 94.1 Å². The first-order valence-corrected chi connectivity index (χ1v) is 19.4. The van der Waals surface area contributed by atoms with Gasteiger partial charge in [0.2, 0.25) is 11.8 Å². The summed E-state index contributed by atoms with van der Waals surface area (Å²) in [6.45, 7) is 11.4. The average molecular weight is 782 g/mol. The smallest absolute Gasteiger partial charge is 0.321 e. The van der Waals surface area contributed by atoms with Crippen LogP contribution in [0, 0.1) is 13.8 Å². The van der Waals surface area contributed by atoms with Crippen molar-refractivity contribution in [2.24, 2.45) is 5.73 Å². The Morgan fingerprint density at radius 1 is 0.895 bits per heavy atom. The molecule has 302 valence electrons. The minimum atomic E-state index is -1.30. The summed E-state index contributed by atoms with van der Waals surface area (Å²) in [5.41, 5.74) is 16.2. The number of carbonyl (C=O) groups excluding carboxylic acids is 6. The van der Waals surface area contributed by atoms with Gasteiger partial charge in [-0.3, -0.25) is 38.7 Å². The quantitative estimate of drug-likeness (QED) is 0.0600. The van der Waals surface area contributed by atoms with Crippen molar-refractivity contribution in [2.45, 2.75) is 103 Å². The highest BCUT2D eigenvalue weighted by Gasteiger charge is 2.45. The standard InChI is InChI=1S/C42H52N8O7/c1-11-23-18(2)25-16-30-34(22(6)51)20(4)27(45-30)14-26-19(3)24(12-13-32(52)46-31(41(43)55)17-33(53)49-50(7,8)9)38(47-26)36-37(42(56)57-10)40(54)35-21(5)28(48-39(35)36)15-29(23)44-25/h14-16,18-19,23-24,31,37H,11-13,17H2,1-10H3,(H5-,43,44,45,46,47,48,49,51,52,53,54,55)/p+1/t18-,19+,23-,24+,31?,37?/m1/s1. The van der Waals surface area contributed by atoms with Gasteiger partial charge in [-0.05, 0) is 62.9 Å². The van der Waals surface area contributed by atoms with E-state index in [9.17, 15) is 28.8 Å². The number of aryl methyl sites for hydroxylation is 2. The van der Waals surface area contributed by atoms with Crippen molar-refractivity contribution in [1.82, 2.24) is 30.7 Å². The van der Waals surface area contributed by atoms with E-state index in [1.807, 2.05) is 39.0 Å². The van der Waals surface area contributed by atoms with Gasteiger partial charge in [-0.1, -0.05) is 20.8 Å². The monoisotopic (exact) mass is 781 g/mol. The maximum absolute atomic E-state index is 14.3. The number of carbonyl (C=O) groups is 6. The molecule has 1 aliphatic carbocycles. The van der Waals surface area contributed by atoms with Crippen molar-refractivity contribution < 1.29 is 38.1 Å². The second-order valence-corrected chi connectivity index (χ2v) is 16.5. The van der Waals surface area contributed by atoms with Crippen molar-refractivity contribution in [3.63, 3.8) is 0 Å². The number of aromatic nitrogens is 4. The molecule has 15 nitrogen and oxygen atoms in total. The first kappa shape index (κ1) is 40.9. The number of amides is 3. The maximum atomic E-state index is 14.3. The van der Waals surface area contributed by atoms with Gasteiger partial charge in [0.15, 0.2) is 11.6 Å². The average Bonchev–Trinajstić information content (AvgIpc) is 3.86. The van der Waals surface area contributed by atoms with Gasteiger partial charge in [-0.15, -0.1) is 0 Å². The molecule has 0 saturated heterocycles. The molecule has 3 amide bonds. The number of ketones is 2. The largest absolute Gasteiger partial charge is 0.468 e. The van der Waals surface area contributed by atoms with Crippen LogP contribution >= 0.6 is 0 Å². The summed E-state index contributed by atoms with van der Waals surface area (Å²) < 4.78 is 5.31. The molecule has 5 heterocycles. The van der Waals surface area contributed by atoms with E-state index in [1.165, 1.54) is 14.0 Å². The third kappa shape index (κ3) is 7.59. The van der Waals surface area contributed by atoms with Crippen molar-refractivity contribution >= 4 is 57.3 Å². The van der Waals surface area contributed by atoms with Gasteiger partial charge in [0.05, 0.1) is 51.4 Å². The first-order valence-electron chi connectivity index (χ1n) is 19.4. The van der Waals surface area contributed by atoms with Crippen molar-refractivity contribution in [3.8, 4) is 0 Å². The third-order valence-corrected chi connectivity index (χ3v) is 11.6. The number of hydrogen-bond acceptors (Lipinski definition) is 9. The third-order valence-electron chi connectivity index (χ3n) is 11.6. The molecule has 0 aromatic carbocycles. The summed E-state index contributed by atoms with van der Waals surface area (Å²) in [4.78, 5) is 96.6. The number of Topliss-reactive ketones (excluding diaryl/α,β-unsaturated/α-hetero) is 2. The van der Waals surface area contributed by atoms with Gasteiger partial charge in [0.25, 0.3) is 5.91 Å². The lowest BCUT2D eigenvalue weighted by Crippen LogP contribution is -2.54. The number of nitrogens with one attached hydrogen (secondary N) is 4. The van der Waals surface area contributed by atoms with Gasteiger partial charge in [0.1, 0.15) is 12.0 Å². The van der Waals surface area contributed by atoms with Crippen LogP contribution in [0.1, 0.15) is 143 Å². The van der Waals surface area contributed by atoms with E-state index in [-0.39, 0.29) is 47.4 Å². The van der Waals surface area contributed by atoms with Gasteiger partial charge < -0.3 is 25.8 Å². The zero-order valence-electron chi connectivity index (χ0n) is 34.3. The highest BCUT2D eigenvalue weighted by molar-refractivity contribution is 6.23. The Morgan fingerprint density at radius 3 is 2.12 bits per heavy atom. The molecule has 57 heavy (non-hydrogen) atoms. The van der Waals surface area contributed by atoms with Crippen molar-refractivity contribution in [1.29, 1.82) is 0 Å². The molecular formula is C42H53N8O7+. The lowest BCUT2D eigenvalue weighted by molar-refractivity contribution is -0.906. The van der Waals surface area contributed by atoms with Gasteiger partial charge in [-0.25, -0.2) is 10.0 Å². The number of methoxy groups -OCH3 is 1. The van der Waals surface area contributed by atoms with Crippen molar-refractivity contribution in [3.05, 3.63) is 68.8 Å². The lowest BCUT2D eigenvalue weighted by Gasteiger charge is -2.24. The number of primary amides is 1. The van der Waals surface area contributed by atoms with E-state index in [1.54, 1.807) is 21.1 Å². The van der Waals surface area contributed by atoms with Gasteiger partial charge in [0, 0.05) is 74.9 Å². The lowest BCUT2D eigenvalue weighted by atomic mass is 9.83. The number of fused-ring (bicyclic) bond motifs is 8. The topological polar surface area (TPSA) is 219 Å². The van der Waals surface area contributed by atoms with E-state index < -0.39 is 47.4 Å². The van der Waals surface area contributed by atoms with Crippen LogP contribution in [0.15, 0.2) is 18.2 Å². The molecule has 2 aliphatic heterocycles. The van der Waals surface area contributed by atoms with Crippen LogP contribution in [0.4, 0.5) is 0 Å². The second kappa shape index (κ2) is 15.3. The number of nitrogens with zero attached hydrogens (tertiary/aromatic N) is 3. The fourth-order valence-corrected chi connectivity index (χ4v) is 8.71. The number of hydrogen-bond donors (Lipinski definition) is 5. The van der Waals surface area contributed by atoms with Gasteiger partial charge in [-0.2, -0.15) is 0 Å². The Kier molecular flexibility index (Phi) is 11.0. The molecule has 6 N–H and O–H groups in total. The minimum absolute atomic E-state index is 0.0504. The number of rotatable bonds is 11. The molecule has 0 saturated carbocycles. The van der Waals surface area contributed by atoms with Gasteiger partial charge >= 0.3 is 5.97 Å². The van der Waals surface area contributed by atoms with E-state index in [0.29, 0.717) is 55.7 Å². The highest BCUT2D eigenvalue weighted by Crippen LogP contribution is 2.48. The second-order valence-electron chi connectivity index (χ2n) is 16.5. The summed E-state index contributed by atoms with van der Waals surface area (Å²) in [6.07, 6.45) is 0.575. The van der Waals surface area contributed by atoms with Crippen LogP contribution in [0.5, 0.6) is 0 Å². The normalized spacial score (nSPS) is 20.6. The Balaban J connectivity index is 1.56. The molecule has 0 fully saturated rings. The van der Waals surface area contributed by atoms with Crippen LogP contribution in [-0.2, 0) is 23.9 Å². The maximum Gasteiger partial charge on any atom is 0.321 e. The molecule has 6 rings (SSSR count). The molecule has 0 spiro atoms. The van der Waals surface area contributed by atoms with Crippen LogP contribution < -0.4 is 16.5 Å².